The molecule has 82 valence electrons. The van der Waals surface area contributed by atoms with Gasteiger partial charge in [0.05, 0.1) is 5.52 Å². The average Bonchev–Trinajstić information content (AvgIpc) is 2.83. The third-order valence-corrected chi connectivity index (χ3v) is 2.69. The van der Waals surface area contributed by atoms with Crippen LogP contribution in [0.25, 0.3) is 5.52 Å². The molecule has 0 aliphatic heterocycles. The van der Waals surface area contributed by atoms with Gasteiger partial charge in [0.1, 0.15) is 12.0 Å². The largest absolute Gasteiger partial charge is 0.306 e. The Hall–Kier alpha value is -2.42. The monoisotopic (exact) mass is 222 g/mol. The number of imidazole rings is 1. The molecule has 0 saturated carbocycles. The number of ketones is 1. The van der Waals surface area contributed by atoms with Crippen LogP contribution in [0.1, 0.15) is 16.1 Å². The molecule has 0 unspecified atom stereocenters. The zero-order chi connectivity index (χ0) is 11.7. The molecule has 0 atom stereocenters. The molecule has 2 aromatic heterocycles. The van der Waals surface area contributed by atoms with E-state index in [-0.39, 0.29) is 5.78 Å². The van der Waals surface area contributed by atoms with Gasteiger partial charge in [-0.3, -0.25) is 4.79 Å². The van der Waals surface area contributed by atoms with Gasteiger partial charge in [-0.2, -0.15) is 0 Å². The van der Waals surface area contributed by atoms with E-state index in [4.69, 9.17) is 0 Å². The zero-order valence-corrected chi connectivity index (χ0v) is 9.08. The summed E-state index contributed by atoms with van der Waals surface area (Å²) in [5.74, 6) is -0.0423. The van der Waals surface area contributed by atoms with Crippen molar-refractivity contribution in [2.75, 3.05) is 0 Å². The van der Waals surface area contributed by atoms with Gasteiger partial charge in [-0.15, -0.1) is 0 Å². The van der Waals surface area contributed by atoms with Crippen LogP contribution in [0.15, 0.2) is 61.1 Å². The van der Waals surface area contributed by atoms with E-state index >= 15 is 0 Å². The van der Waals surface area contributed by atoms with E-state index < -0.39 is 0 Å². The Morgan fingerprint density at radius 3 is 2.59 bits per heavy atom. The van der Waals surface area contributed by atoms with Gasteiger partial charge in [0.2, 0.25) is 5.78 Å². The molecule has 3 heteroatoms. The van der Waals surface area contributed by atoms with Gasteiger partial charge < -0.3 is 4.40 Å². The summed E-state index contributed by atoms with van der Waals surface area (Å²) in [7, 11) is 0. The van der Waals surface area contributed by atoms with Gasteiger partial charge in [-0.05, 0) is 12.1 Å². The minimum Gasteiger partial charge on any atom is -0.306 e. The number of pyridine rings is 1. The van der Waals surface area contributed by atoms with Crippen molar-refractivity contribution in [1.29, 1.82) is 0 Å². The normalized spacial score (nSPS) is 10.6. The summed E-state index contributed by atoms with van der Waals surface area (Å²) in [6, 6.07) is 14.9. The lowest BCUT2D eigenvalue weighted by atomic mass is 10.1. The van der Waals surface area contributed by atoms with Gasteiger partial charge in [-0.1, -0.05) is 36.4 Å². The lowest BCUT2D eigenvalue weighted by molar-refractivity contribution is 0.103. The third kappa shape index (κ3) is 1.61. The third-order valence-electron chi connectivity index (χ3n) is 2.69. The Kier molecular flexibility index (Phi) is 2.22. The summed E-state index contributed by atoms with van der Waals surface area (Å²) in [6.45, 7) is 0. The van der Waals surface area contributed by atoms with Crippen LogP contribution in [0.2, 0.25) is 0 Å². The Bertz CT molecular complexity index is 671. The van der Waals surface area contributed by atoms with Crippen molar-refractivity contribution < 1.29 is 4.79 Å². The molecule has 3 rings (SSSR count). The van der Waals surface area contributed by atoms with E-state index in [1.807, 2.05) is 47.0 Å². The quantitative estimate of drug-likeness (QED) is 0.624. The SMILES string of the molecule is O=C(c1ccccc1)c1ncn2ccccc12. The highest BCUT2D eigenvalue weighted by molar-refractivity contribution is 6.11. The maximum atomic E-state index is 12.2. The van der Waals surface area contributed by atoms with E-state index in [1.54, 1.807) is 18.5 Å². The van der Waals surface area contributed by atoms with E-state index in [0.29, 0.717) is 11.3 Å². The van der Waals surface area contributed by atoms with Crippen LogP contribution < -0.4 is 0 Å². The van der Waals surface area contributed by atoms with Gasteiger partial charge in [-0.25, -0.2) is 4.98 Å². The van der Waals surface area contributed by atoms with Gasteiger partial charge in [0.15, 0.2) is 0 Å². The predicted molar refractivity (Wildman–Crippen MR) is 65.1 cm³/mol. The van der Waals surface area contributed by atoms with Crippen LogP contribution in [0.4, 0.5) is 0 Å². The number of carbonyl (C=O) groups is 1. The molecular weight excluding hydrogens is 212 g/mol. The molecule has 0 saturated heterocycles. The van der Waals surface area contributed by atoms with Crippen LogP contribution in [0.5, 0.6) is 0 Å². The van der Waals surface area contributed by atoms with Crippen molar-refractivity contribution in [3.8, 4) is 0 Å². The summed E-state index contributed by atoms with van der Waals surface area (Å²) in [5.41, 5.74) is 2.00. The van der Waals surface area contributed by atoms with Crippen molar-refractivity contribution in [3.05, 3.63) is 72.3 Å². The number of benzene rings is 1. The van der Waals surface area contributed by atoms with Gasteiger partial charge in [0.25, 0.3) is 0 Å². The molecule has 0 aliphatic rings. The second-order valence-corrected chi connectivity index (χ2v) is 3.78. The first kappa shape index (κ1) is 9.78. The van der Waals surface area contributed by atoms with Crippen molar-refractivity contribution in [3.63, 3.8) is 0 Å². The molecule has 3 nitrogen and oxygen atoms in total. The number of hydrogen-bond donors (Lipinski definition) is 0. The number of fused-ring (bicyclic) bond motifs is 1. The van der Waals surface area contributed by atoms with E-state index in [1.165, 1.54) is 0 Å². The van der Waals surface area contributed by atoms with Crippen molar-refractivity contribution in [2.45, 2.75) is 0 Å². The molecule has 0 fully saturated rings. The molecule has 17 heavy (non-hydrogen) atoms. The maximum Gasteiger partial charge on any atom is 0.213 e. The van der Waals surface area contributed by atoms with Crippen LogP contribution in [-0.4, -0.2) is 15.2 Å². The van der Waals surface area contributed by atoms with Gasteiger partial charge in [0, 0.05) is 11.8 Å². The lowest BCUT2D eigenvalue weighted by Crippen LogP contribution is -2.02. The molecule has 0 bridgehead atoms. The summed E-state index contributed by atoms with van der Waals surface area (Å²) >= 11 is 0. The summed E-state index contributed by atoms with van der Waals surface area (Å²) in [5, 5.41) is 0. The molecule has 0 amide bonds. The average molecular weight is 222 g/mol. The van der Waals surface area contributed by atoms with Crippen LogP contribution in [0, 0.1) is 0 Å². The minimum atomic E-state index is -0.0423. The molecule has 3 aromatic rings. The predicted octanol–water partition coefficient (Wildman–Crippen LogP) is 2.57. The topological polar surface area (TPSA) is 34.4 Å². The summed E-state index contributed by atoms with van der Waals surface area (Å²) < 4.78 is 1.84. The molecular formula is C14H10N2O. The summed E-state index contributed by atoms with van der Waals surface area (Å²) in [6.07, 6.45) is 3.54. The highest BCUT2D eigenvalue weighted by Gasteiger charge is 2.14. The maximum absolute atomic E-state index is 12.2. The Morgan fingerprint density at radius 1 is 1.00 bits per heavy atom. The number of carbonyl (C=O) groups excluding carboxylic acids is 1. The van der Waals surface area contributed by atoms with Crippen molar-refractivity contribution in [2.24, 2.45) is 0 Å². The Labute approximate surface area is 98.4 Å². The van der Waals surface area contributed by atoms with Crippen LogP contribution >= 0.6 is 0 Å². The Morgan fingerprint density at radius 2 is 1.76 bits per heavy atom. The van der Waals surface area contributed by atoms with E-state index in [2.05, 4.69) is 4.98 Å². The number of nitrogens with zero attached hydrogens (tertiary/aromatic N) is 2. The fourth-order valence-electron chi connectivity index (χ4n) is 1.84. The first-order valence-corrected chi connectivity index (χ1v) is 5.38. The number of hydrogen-bond acceptors (Lipinski definition) is 2. The van der Waals surface area contributed by atoms with Crippen molar-refractivity contribution in [1.82, 2.24) is 9.38 Å². The molecule has 1 aromatic carbocycles. The second kappa shape index (κ2) is 3.87. The standard InChI is InChI=1S/C14H10N2O/c17-14(11-6-2-1-3-7-11)13-12-8-4-5-9-16(12)10-15-13/h1-10H. The van der Waals surface area contributed by atoms with E-state index in [9.17, 15) is 4.79 Å². The summed E-state index contributed by atoms with van der Waals surface area (Å²) in [4.78, 5) is 16.4. The molecule has 2 heterocycles. The van der Waals surface area contributed by atoms with Crippen LogP contribution in [0.3, 0.4) is 0 Å². The molecule has 0 aliphatic carbocycles. The number of aromatic nitrogens is 2. The fraction of sp³-hybridized carbons (Fsp3) is 0. The van der Waals surface area contributed by atoms with Crippen molar-refractivity contribution >= 4 is 11.3 Å². The lowest BCUT2D eigenvalue weighted by Gasteiger charge is -1.98. The molecule has 0 N–H and O–H groups in total. The fourth-order valence-corrected chi connectivity index (χ4v) is 1.84. The molecule has 0 radical (unpaired) electrons. The number of rotatable bonds is 2. The smallest absolute Gasteiger partial charge is 0.213 e. The first-order valence-electron chi connectivity index (χ1n) is 5.38. The minimum absolute atomic E-state index is 0.0423. The van der Waals surface area contributed by atoms with Gasteiger partial charge >= 0.3 is 0 Å². The molecule has 0 spiro atoms. The highest BCUT2D eigenvalue weighted by Crippen LogP contribution is 2.13. The van der Waals surface area contributed by atoms with Crippen LogP contribution in [-0.2, 0) is 0 Å². The van der Waals surface area contributed by atoms with E-state index in [0.717, 1.165) is 5.52 Å². The zero-order valence-electron chi connectivity index (χ0n) is 9.08. The first-order chi connectivity index (χ1) is 8.36. The highest BCUT2D eigenvalue weighted by atomic mass is 16.1. The second-order valence-electron chi connectivity index (χ2n) is 3.78. The Balaban J connectivity index is 2.14.